The van der Waals surface area contributed by atoms with Crippen LogP contribution in [-0.4, -0.2) is 51.7 Å². The maximum atomic E-state index is 12.1. The molecule has 2 N–H and O–H groups in total. The molecule has 4 rings (SSSR count). The van der Waals surface area contributed by atoms with Crippen LogP contribution in [0, 0.1) is 0 Å². The molecule has 1 aliphatic rings. The highest BCUT2D eigenvalue weighted by Gasteiger charge is 2.44. The number of hydrogen-bond donors (Lipinski definition) is 2. The third-order valence-electron chi connectivity index (χ3n) is 5.24. The van der Waals surface area contributed by atoms with Crippen LogP contribution in [0.15, 0.2) is 48.5 Å². The van der Waals surface area contributed by atoms with E-state index in [9.17, 15) is 9.90 Å². The summed E-state index contributed by atoms with van der Waals surface area (Å²) >= 11 is 0. The molecule has 2 aromatic carbocycles. The van der Waals surface area contributed by atoms with Gasteiger partial charge in [-0.2, -0.15) is 0 Å². The Kier molecular flexibility index (Phi) is 4.92. The van der Waals surface area contributed by atoms with Crippen LogP contribution >= 0.6 is 0 Å². The van der Waals surface area contributed by atoms with E-state index in [4.69, 9.17) is 9.47 Å². The normalized spacial score (nSPS) is 16.8. The number of likely N-dealkylation sites (tertiary alicyclic amines) is 1. The van der Waals surface area contributed by atoms with Gasteiger partial charge in [-0.3, -0.25) is 4.90 Å². The number of nitrogens with one attached hydrogen (secondary N) is 1. The maximum absolute atomic E-state index is 12.1. The van der Waals surface area contributed by atoms with Gasteiger partial charge in [-0.05, 0) is 24.3 Å². The number of rotatable bonds is 6. The van der Waals surface area contributed by atoms with E-state index in [-0.39, 0.29) is 0 Å². The van der Waals surface area contributed by atoms with Crippen molar-refractivity contribution < 1.29 is 19.4 Å². The molecule has 146 valence electrons. The summed E-state index contributed by atoms with van der Waals surface area (Å²) in [6.07, 6.45) is 0.779. The molecule has 0 aliphatic carbocycles. The molecule has 0 unspecified atom stereocenters. The summed E-state index contributed by atoms with van der Waals surface area (Å²) in [4.78, 5) is 22.2. The Balaban J connectivity index is 1.46. The molecule has 1 aromatic heterocycles. The van der Waals surface area contributed by atoms with Gasteiger partial charge >= 0.3 is 5.97 Å². The Hall–Kier alpha value is -3.06. The first-order valence-electron chi connectivity index (χ1n) is 9.31. The fourth-order valence-corrected chi connectivity index (χ4v) is 3.64. The summed E-state index contributed by atoms with van der Waals surface area (Å²) in [7, 11) is 1.55. The van der Waals surface area contributed by atoms with E-state index in [1.54, 1.807) is 19.2 Å². The molecule has 2 heterocycles. The first-order chi connectivity index (χ1) is 13.6. The molecule has 28 heavy (non-hydrogen) atoms. The highest BCUT2D eigenvalue weighted by molar-refractivity contribution is 5.78. The van der Waals surface area contributed by atoms with Crippen LogP contribution in [0.3, 0.4) is 0 Å². The highest BCUT2D eigenvalue weighted by Crippen LogP contribution is 2.35. The van der Waals surface area contributed by atoms with E-state index < -0.39 is 11.6 Å². The van der Waals surface area contributed by atoms with Crippen molar-refractivity contribution >= 4 is 17.0 Å². The van der Waals surface area contributed by atoms with Crippen LogP contribution in [0.5, 0.6) is 11.5 Å². The number of benzene rings is 2. The van der Waals surface area contributed by atoms with Crippen molar-refractivity contribution in [3.05, 3.63) is 54.4 Å². The number of nitrogens with zero attached hydrogens (tertiary/aromatic N) is 2. The Morgan fingerprint density at radius 1 is 1.14 bits per heavy atom. The van der Waals surface area contributed by atoms with Gasteiger partial charge < -0.3 is 19.6 Å². The second kappa shape index (κ2) is 7.52. The molecule has 0 saturated carbocycles. The van der Waals surface area contributed by atoms with Crippen molar-refractivity contribution in [2.45, 2.75) is 25.0 Å². The second-order valence-electron chi connectivity index (χ2n) is 7.03. The van der Waals surface area contributed by atoms with E-state index in [1.165, 1.54) is 0 Å². The van der Waals surface area contributed by atoms with Gasteiger partial charge in [0, 0.05) is 25.9 Å². The molecule has 0 bridgehead atoms. The van der Waals surface area contributed by atoms with Crippen molar-refractivity contribution in [3.8, 4) is 11.5 Å². The number of carboxylic acid groups (broad SMARTS) is 1. The molecular formula is C21H23N3O4. The summed E-state index contributed by atoms with van der Waals surface area (Å²) in [5.41, 5.74) is 0.696. The fraction of sp³-hybridized carbons (Fsp3) is 0.333. The number of hydrogen-bond acceptors (Lipinski definition) is 5. The lowest BCUT2D eigenvalue weighted by Crippen LogP contribution is -2.53. The minimum absolute atomic E-state index is 0.389. The number of piperidine rings is 1. The smallest absolute Gasteiger partial charge is 0.348 e. The number of aromatic amines is 1. The molecule has 3 aromatic rings. The number of ether oxygens (including phenoxy) is 2. The van der Waals surface area contributed by atoms with Crippen LogP contribution < -0.4 is 9.47 Å². The van der Waals surface area contributed by atoms with Crippen LogP contribution in [0.1, 0.15) is 18.7 Å². The number of imidazole rings is 1. The lowest BCUT2D eigenvalue weighted by molar-refractivity contribution is -0.160. The average Bonchev–Trinajstić information content (AvgIpc) is 3.12. The molecule has 0 spiro atoms. The summed E-state index contributed by atoms with van der Waals surface area (Å²) < 4.78 is 11.3. The third-order valence-corrected chi connectivity index (χ3v) is 5.24. The molecule has 0 amide bonds. The molecule has 0 atom stereocenters. The first-order valence-corrected chi connectivity index (χ1v) is 9.31. The van der Waals surface area contributed by atoms with Gasteiger partial charge in [0.05, 0.1) is 24.7 Å². The van der Waals surface area contributed by atoms with Crippen molar-refractivity contribution in [2.75, 3.05) is 20.2 Å². The van der Waals surface area contributed by atoms with Crippen LogP contribution in [0.2, 0.25) is 0 Å². The van der Waals surface area contributed by atoms with Gasteiger partial charge in [0.15, 0.2) is 11.5 Å². The van der Waals surface area contributed by atoms with Crippen molar-refractivity contribution in [3.63, 3.8) is 0 Å². The summed E-state index contributed by atoms with van der Waals surface area (Å²) in [6, 6.07) is 15.1. The molecule has 7 heteroatoms. The van der Waals surface area contributed by atoms with Gasteiger partial charge in [0.2, 0.25) is 5.60 Å². The summed E-state index contributed by atoms with van der Waals surface area (Å²) in [5.74, 6) is 0.933. The molecule has 1 saturated heterocycles. The van der Waals surface area contributed by atoms with E-state index in [0.29, 0.717) is 44.0 Å². The van der Waals surface area contributed by atoms with E-state index in [2.05, 4.69) is 14.9 Å². The van der Waals surface area contributed by atoms with Crippen LogP contribution in [-0.2, 0) is 11.3 Å². The number of fused-ring (bicyclic) bond motifs is 1. The lowest BCUT2D eigenvalue weighted by atomic mass is 9.91. The highest BCUT2D eigenvalue weighted by atomic mass is 16.5. The van der Waals surface area contributed by atoms with E-state index >= 15 is 0 Å². The Bertz CT molecular complexity index is 943. The second-order valence-corrected chi connectivity index (χ2v) is 7.03. The fourth-order valence-electron chi connectivity index (χ4n) is 3.64. The van der Waals surface area contributed by atoms with Gasteiger partial charge in [-0.25, -0.2) is 9.78 Å². The number of carbonyl (C=O) groups is 1. The standard InChI is InChI=1S/C21H23N3O4/c1-27-17-8-4-5-9-18(17)28-21(20(25)26)10-12-24(13-11-21)14-19-22-15-6-2-3-7-16(15)23-19/h2-9H,10-14H2,1H3,(H,22,23)(H,25,26). The Labute approximate surface area is 162 Å². The van der Waals surface area contributed by atoms with Gasteiger partial charge in [-0.1, -0.05) is 24.3 Å². The zero-order valence-corrected chi connectivity index (χ0v) is 15.7. The SMILES string of the molecule is COc1ccccc1OC1(C(=O)O)CCN(Cc2nc3ccccc3[nH]2)CC1. The topological polar surface area (TPSA) is 87.7 Å². The van der Waals surface area contributed by atoms with Crippen molar-refractivity contribution in [2.24, 2.45) is 0 Å². The summed E-state index contributed by atoms with van der Waals surface area (Å²) in [6.45, 7) is 1.87. The van der Waals surface area contributed by atoms with Crippen LogP contribution in [0.4, 0.5) is 0 Å². The number of aromatic nitrogens is 2. The minimum atomic E-state index is -1.25. The third kappa shape index (κ3) is 3.53. The monoisotopic (exact) mass is 381 g/mol. The predicted molar refractivity (Wildman–Crippen MR) is 105 cm³/mol. The summed E-state index contributed by atoms with van der Waals surface area (Å²) in [5, 5.41) is 9.88. The quantitative estimate of drug-likeness (QED) is 0.682. The van der Waals surface area contributed by atoms with Gasteiger partial charge in [0.1, 0.15) is 5.82 Å². The number of methoxy groups -OCH3 is 1. The number of para-hydroxylation sites is 4. The minimum Gasteiger partial charge on any atom is -0.493 e. The lowest BCUT2D eigenvalue weighted by Gasteiger charge is -2.38. The number of H-pyrrole nitrogens is 1. The first kappa shape index (κ1) is 18.3. The molecule has 7 nitrogen and oxygen atoms in total. The van der Waals surface area contributed by atoms with Gasteiger partial charge in [-0.15, -0.1) is 0 Å². The largest absolute Gasteiger partial charge is 0.493 e. The van der Waals surface area contributed by atoms with Crippen molar-refractivity contribution in [1.29, 1.82) is 0 Å². The molecule has 1 fully saturated rings. The van der Waals surface area contributed by atoms with E-state index in [1.807, 2.05) is 36.4 Å². The van der Waals surface area contributed by atoms with Crippen molar-refractivity contribution in [1.82, 2.24) is 14.9 Å². The molecular weight excluding hydrogens is 358 g/mol. The average molecular weight is 381 g/mol. The maximum Gasteiger partial charge on any atom is 0.348 e. The number of aliphatic carboxylic acids is 1. The predicted octanol–water partition coefficient (Wildman–Crippen LogP) is 3.07. The zero-order chi connectivity index (χ0) is 19.6. The van der Waals surface area contributed by atoms with Crippen LogP contribution in [0.25, 0.3) is 11.0 Å². The molecule has 1 aliphatic heterocycles. The van der Waals surface area contributed by atoms with E-state index in [0.717, 1.165) is 16.9 Å². The Morgan fingerprint density at radius 3 is 2.50 bits per heavy atom. The zero-order valence-electron chi connectivity index (χ0n) is 15.7. The van der Waals surface area contributed by atoms with Gasteiger partial charge in [0.25, 0.3) is 0 Å². The number of carboxylic acids is 1. The Morgan fingerprint density at radius 2 is 1.82 bits per heavy atom. The molecule has 0 radical (unpaired) electrons.